The lowest BCUT2D eigenvalue weighted by Gasteiger charge is -2.08. The second kappa shape index (κ2) is 13.5. The zero-order valence-electron chi connectivity index (χ0n) is 24.7. The third kappa shape index (κ3) is 6.66. The molecule has 0 bridgehead atoms. The third-order valence-corrected chi connectivity index (χ3v) is 7.46. The Morgan fingerprint density at radius 2 is 0.864 bits per heavy atom. The Labute approximate surface area is 258 Å². The van der Waals surface area contributed by atoms with E-state index in [1.165, 1.54) is 0 Å². The first-order valence-electron chi connectivity index (χ1n) is 14.5. The standard InChI is InChI=1S/C40H32N2O2/c1-43-35-19-15-33(16-20-35)37-9-5-3-7-31(37)13-11-29-23-25-41-39(27-29)40-28-30(24-26-42-40)12-14-32-8-4-6-10-38(32)34-17-21-36(44-2)22-18-34/h3-28H,1-2H3/b13-11+,14-12+. The van der Waals surface area contributed by atoms with E-state index in [1.807, 2.05) is 48.8 Å². The number of pyridine rings is 2. The van der Waals surface area contributed by atoms with Crippen molar-refractivity contribution in [3.8, 4) is 45.1 Å². The van der Waals surface area contributed by atoms with Gasteiger partial charge in [-0.2, -0.15) is 0 Å². The molecule has 2 heterocycles. The van der Waals surface area contributed by atoms with Crippen LogP contribution in [0.4, 0.5) is 0 Å². The van der Waals surface area contributed by atoms with Gasteiger partial charge in [0.25, 0.3) is 0 Å². The highest BCUT2D eigenvalue weighted by Crippen LogP contribution is 2.29. The molecule has 6 rings (SSSR count). The van der Waals surface area contributed by atoms with Gasteiger partial charge in [-0.05, 0) is 93.0 Å². The van der Waals surface area contributed by atoms with Crippen LogP contribution >= 0.6 is 0 Å². The Hall–Kier alpha value is -5.74. The number of ether oxygens (including phenoxy) is 2. The van der Waals surface area contributed by atoms with E-state index in [1.54, 1.807) is 14.2 Å². The number of rotatable bonds is 9. The van der Waals surface area contributed by atoms with Crippen LogP contribution in [0, 0.1) is 0 Å². The SMILES string of the molecule is COc1ccc(-c2ccccc2/C=C/c2ccnc(-c3cc(/C=C/c4ccccc4-c4ccc(OC)cc4)ccn3)c2)cc1. The van der Waals surface area contributed by atoms with Gasteiger partial charge in [0.2, 0.25) is 0 Å². The maximum Gasteiger partial charge on any atom is 0.118 e. The molecule has 2 aromatic heterocycles. The maximum absolute atomic E-state index is 5.33. The van der Waals surface area contributed by atoms with E-state index in [9.17, 15) is 0 Å². The van der Waals surface area contributed by atoms with Gasteiger partial charge in [0, 0.05) is 12.4 Å². The van der Waals surface area contributed by atoms with E-state index in [-0.39, 0.29) is 0 Å². The normalized spacial score (nSPS) is 11.2. The van der Waals surface area contributed by atoms with E-state index < -0.39 is 0 Å². The Balaban J connectivity index is 1.23. The molecule has 0 spiro atoms. The number of hydrogen-bond acceptors (Lipinski definition) is 4. The molecule has 4 heteroatoms. The molecule has 0 aliphatic heterocycles. The summed E-state index contributed by atoms with van der Waals surface area (Å²) < 4.78 is 10.7. The van der Waals surface area contributed by atoms with Crippen LogP contribution in [0.1, 0.15) is 22.3 Å². The number of benzene rings is 4. The highest BCUT2D eigenvalue weighted by atomic mass is 16.5. The average Bonchev–Trinajstić information content (AvgIpc) is 3.10. The summed E-state index contributed by atoms with van der Waals surface area (Å²) in [5.41, 5.74) is 10.6. The molecule has 0 aliphatic carbocycles. The molecular weight excluding hydrogens is 540 g/mol. The van der Waals surface area contributed by atoms with Crippen molar-refractivity contribution in [2.75, 3.05) is 14.2 Å². The summed E-state index contributed by atoms with van der Waals surface area (Å²) in [6.07, 6.45) is 12.2. The molecule has 4 nitrogen and oxygen atoms in total. The number of hydrogen-bond donors (Lipinski definition) is 0. The Kier molecular flexibility index (Phi) is 8.70. The molecule has 214 valence electrons. The van der Waals surface area contributed by atoms with Gasteiger partial charge in [-0.3, -0.25) is 9.97 Å². The Bertz CT molecular complexity index is 1780. The van der Waals surface area contributed by atoms with Gasteiger partial charge in [-0.25, -0.2) is 0 Å². The third-order valence-electron chi connectivity index (χ3n) is 7.46. The van der Waals surface area contributed by atoms with E-state index >= 15 is 0 Å². The van der Waals surface area contributed by atoms with E-state index in [2.05, 4.69) is 119 Å². The molecule has 4 aromatic carbocycles. The van der Waals surface area contributed by atoms with Gasteiger partial charge in [0.05, 0.1) is 25.6 Å². The second-order valence-corrected chi connectivity index (χ2v) is 10.2. The topological polar surface area (TPSA) is 44.2 Å². The summed E-state index contributed by atoms with van der Waals surface area (Å²) in [6.45, 7) is 0. The lowest BCUT2D eigenvalue weighted by molar-refractivity contribution is 0.415. The summed E-state index contributed by atoms with van der Waals surface area (Å²) in [6, 6.07) is 41.2. The molecular formula is C40H32N2O2. The summed E-state index contributed by atoms with van der Waals surface area (Å²) in [5.74, 6) is 1.69. The smallest absolute Gasteiger partial charge is 0.118 e. The van der Waals surface area contributed by atoms with E-state index in [0.717, 1.165) is 67.4 Å². The summed E-state index contributed by atoms with van der Waals surface area (Å²) >= 11 is 0. The molecule has 0 radical (unpaired) electrons. The van der Waals surface area contributed by atoms with Crippen molar-refractivity contribution in [3.63, 3.8) is 0 Å². The number of aromatic nitrogens is 2. The quantitative estimate of drug-likeness (QED) is 0.173. The minimum Gasteiger partial charge on any atom is -0.497 e. The van der Waals surface area contributed by atoms with Gasteiger partial charge in [0.15, 0.2) is 0 Å². The first-order chi connectivity index (χ1) is 21.7. The molecule has 0 saturated heterocycles. The van der Waals surface area contributed by atoms with E-state index in [0.29, 0.717) is 0 Å². The Morgan fingerprint density at radius 3 is 1.27 bits per heavy atom. The van der Waals surface area contributed by atoms with Gasteiger partial charge in [-0.15, -0.1) is 0 Å². The fraction of sp³-hybridized carbons (Fsp3) is 0.0500. The van der Waals surface area contributed by atoms with Crippen molar-refractivity contribution < 1.29 is 9.47 Å². The van der Waals surface area contributed by atoms with Crippen molar-refractivity contribution in [3.05, 3.63) is 156 Å². The molecule has 6 aromatic rings. The fourth-order valence-electron chi connectivity index (χ4n) is 5.10. The molecule has 0 aliphatic rings. The summed E-state index contributed by atoms with van der Waals surface area (Å²) in [4.78, 5) is 9.26. The first kappa shape index (κ1) is 28.4. The molecule has 0 saturated carbocycles. The summed E-state index contributed by atoms with van der Waals surface area (Å²) in [5, 5.41) is 0. The lowest BCUT2D eigenvalue weighted by Crippen LogP contribution is -1.89. The molecule has 0 atom stereocenters. The lowest BCUT2D eigenvalue weighted by atomic mass is 9.98. The predicted molar refractivity (Wildman–Crippen MR) is 182 cm³/mol. The fourth-order valence-corrected chi connectivity index (χ4v) is 5.10. The van der Waals surface area contributed by atoms with Gasteiger partial charge in [0.1, 0.15) is 11.5 Å². The maximum atomic E-state index is 5.33. The molecule has 0 fully saturated rings. The largest absolute Gasteiger partial charge is 0.497 e. The minimum atomic E-state index is 0.824. The first-order valence-corrected chi connectivity index (χ1v) is 14.5. The van der Waals surface area contributed by atoms with Crippen LogP contribution in [0.15, 0.2) is 134 Å². The van der Waals surface area contributed by atoms with Gasteiger partial charge >= 0.3 is 0 Å². The molecule has 44 heavy (non-hydrogen) atoms. The van der Waals surface area contributed by atoms with Crippen LogP contribution in [-0.4, -0.2) is 24.2 Å². The van der Waals surface area contributed by atoms with Crippen molar-refractivity contribution in [2.45, 2.75) is 0 Å². The minimum absolute atomic E-state index is 0.824. The van der Waals surface area contributed by atoms with Crippen LogP contribution < -0.4 is 9.47 Å². The Morgan fingerprint density at radius 1 is 0.455 bits per heavy atom. The monoisotopic (exact) mass is 572 g/mol. The van der Waals surface area contributed by atoms with Crippen molar-refractivity contribution in [1.82, 2.24) is 9.97 Å². The van der Waals surface area contributed by atoms with Gasteiger partial charge in [-0.1, -0.05) is 97.1 Å². The van der Waals surface area contributed by atoms with Gasteiger partial charge < -0.3 is 9.47 Å². The van der Waals surface area contributed by atoms with E-state index in [4.69, 9.17) is 9.47 Å². The number of methoxy groups -OCH3 is 2. The molecule has 0 N–H and O–H groups in total. The molecule has 0 unspecified atom stereocenters. The zero-order chi connectivity index (χ0) is 30.1. The van der Waals surface area contributed by atoms with Crippen LogP contribution in [0.2, 0.25) is 0 Å². The molecule has 0 amide bonds. The highest BCUT2D eigenvalue weighted by molar-refractivity contribution is 5.83. The van der Waals surface area contributed by atoms with Crippen LogP contribution in [0.5, 0.6) is 11.5 Å². The van der Waals surface area contributed by atoms with Crippen molar-refractivity contribution in [2.24, 2.45) is 0 Å². The average molecular weight is 573 g/mol. The van der Waals surface area contributed by atoms with Crippen LogP contribution in [0.3, 0.4) is 0 Å². The van der Waals surface area contributed by atoms with Crippen LogP contribution in [0.25, 0.3) is 57.9 Å². The highest BCUT2D eigenvalue weighted by Gasteiger charge is 2.06. The van der Waals surface area contributed by atoms with Crippen LogP contribution in [-0.2, 0) is 0 Å². The van der Waals surface area contributed by atoms with Crippen molar-refractivity contribution >= 4 is 24.3 Å². The zero-order valence-corrected chi connectivity index (χ0v) is 24.7. The predicted octanol–water partition coefficient (Wildman–Crippen LogP) is 9.84. The van der Waals surface area contributed by atoms with Crippen molar-refractivity contribution in [1.29, 1.82) is 0 Å². The second-order valence-electron chi connectivity index (χ2n) is 10.2. The number of nitrogens with zero attached hydrogens (tertiary/aromatic N) is 2. The summed E-state index contributed by atoms with van der Waals surface area (Å²) in [7, 11) is 3.36.